The number of H-pyrrole nitrogens is 1. The fourth-order valence-electron chi connectivity index (χ4n) is 1.15. The first-order valence-electron chi connectivity index (χ1n) is 4.35. The largest absolute Gasteiger partial charge is 0.472 e. The van der Waals surface area contributed by atoms with Gasteiger partial charge >= 0.3 is 0 Å². The minimum Gasteiger partial charge on any atom is -0.472 e. The molecular formula is C9H10N4O2. The molecule has 0 radical (unpaired) electrons. The van der Waals surface area contributed by atoms with E-state index in [2.05, 4.69) is 15.5 Å². The Morgan fingerprint density at radius 1 is 1.67 bits per heavy atom. The van der Waals surface area contributed by atoms with Crippen LogP contribution in [-0.2, 0) is 6.54 Å². The molecule has 0 aliphatic heterocycles. The summed E-state index contributed by atoms with van der Waals surface area (Å²) in [6, 6.07) is 1.78. The van der Waals surface area contributed by atoms with Crippen molar-refractivity contribution in [3.05, 3.63) is 35.9 Å². The zero-order valence-electron chi connectivity index (χ0n) is 7.86. The SMILES string of the molecule is Nc1[nH]ncc1C(=O)NCc1ccoc1. The second kappa shape index (κ2) is 3.87. The normalized spacial score (nSPS) is 10.1. The standard InChI is InChI=1S/C9H10N4O2/c10-8-7(4-12-13-8)9(14)11-3-6-1-2-15-5-6/h1-2,4-5H,3H2,(H,11,14)(H3,10,12,13). The maximum absolute atomic E-state index is 11.5. The number of nitrogens with two attached hydrogens (primary N) is 1. The van der Waals surface area contributed by atoms with Crippen LogP contribution in [0.5, 0.6) is 0 Å². The second-order valence-corrected chi connectivity index (χ2v) is 3.01. The Labute approximate surface area is 85.5 Å². The highest BCUT2D eigenvalue weighted by atomic mass is 16.3. The van der Waals surface area contributed by atoms with Crippen molar-refractivity contribution < 1.29 is 9.21 Å². The predicted octanol–water partition coefficient (Wildman–Crippen LogP) is 0.515. The van der Waals surface area contributed by atoms with Crippen LogP contribution in [0.4, 0.5) is 5.82 Å². The summed E-state index contributed by atoms with van der Waals surface area (Å²) >= 11 is 0. The highest BCUT2D eigenvalue weighted by molar-refractivity contribution is 5.97. The number of nitrogen functional groups attached to an aromatic ring is 1. The van der Waals surface area contributed by atoms with E-state index in [1.54, 1.807) is 18.6 Å². The molecule has 0 aromatic carbocycles. The van der Waals surface area contributed by atoms with Crippen LogP contribution in [0.25, 0.3) is 0 Å². The molecule has 0 aliphatic rings. The van der Waals surface area contributed by atoms with Crippen LogP contribution in [0.15, 0.2) is 29.2 Å². The molecule has 0 unspecified atom stereocenters. The van der Waals surface area contributed by atoms with E-state index in [1.165, 1.54) is 6.20 Å². The van der Waals surface area contributed by atoms with Gasteiger partial charge in [0.1, 0.15) is 11.4 Å². The summed E-state index contributed by atoms with van der Waals surface area (Å²) in [6.07, 6.45) is 4.51. The van der Waals surface area contributed by atoms with Gasteiger partial charge in [0.15, 0.2) is 0 Å². The van der Waals surface area contributed by atoms with Gasteiger partial charge in [-0.2, -0.15) is 5.10 Å². The zero-order chi connectivity index (χ0) is 10.7. The van der Waals surface area contributed by atoms with Crippen LogP contribution in [-0.4, -0.2) is 16.1 Å². The first kappa shape index (κ1) is 9.32. The molecule has 6 heteroatoms. The number of nitrogens with one attached hydrogen (secondary N) is 2. The molecule has 78 valence electrons. The number of hydrogen-bond acceptors (Lipinski definition) is 4. The Morgan fingerprint density at radius 2 is 2.53 bits per heavy atom. The van der Waals surface area contributed by atoms with Crippen molar-refractivity contribution >= 4 is 11.7 Å². The van der Waals surface area contributed by atoms with E-state index < -0.39 is 0 Å². The van der Waals surface area contributed by atoms with Gasteiger partial charge in [0.2, 0.25) is 0 Å². The van der Waals surface area contributed by atoms with Gasteiger partial charge in [-0.1, -0.05) is 0 Å². The van der Waals surface area contributed by atoms with Crippen molar-refractivity contribution in [3.8, 4) is 0 Å². The second-order valence-electron chi connectivity index (χ2n) is 3.01. The summed E-state index contributed by atoms with van der Waals surface area (Å²) in [7, 11) is 0. The molecule has 2 rings (SSSR count). The lowest BCUT2D eigenvalue weighted by Crippen LogP contribution is -2.22. The van der Waals surface area contributed by atoms with Crippen LogP contribution in [0.2, 0.25) is 0 Å². The van der Waals surface area contributed by atoms with Crippen molar-refractivity contribution in [3.63, 3.8) is 0 Å². The lowest BCUT2D eigenvalue weighted by atomic mass is 10.3. The summed E-state index contributed by atoms with van der Waals surface area (Å²) in [5.41, 5.74) is 6.73. The summed E-state index contributed by atoms with van der Waals surface area (Å²) in [5.74, 6) is 0.00198. The van der Waals surface area contributed by atoms with E-state index in [9.17, 15) is 4.79 Å². The lowest BCUT2D eigenvalue weighted by Gasteiger charge is -2.01. The first-order chi connectivity index (χ1) is 7.27. The topological polar surface area (TPSA) is 96.9 Å². The molecule has 0 spiro atoms. The van der Waals surface area contributed by atoms with Crippen molar-refractivity contribution in [1.82, 2.24) is 15.5 Å². The van der Waals surface area contributed by atoms with Gasteiger partial charge in [0, 0.05) is 12.1 Å². The number of hydrogen-bond donors (Lipinski definition) is 3. The van der Waals surface area contributed by atoms with E-state index in [0.717, 1.165) is 5.56 Å². The molecule has 6 nitrogen and oxygen atoms in total. The average molecular weight is 206 g/mol. The number of anilines is 1. The fraction of sp³-hybridized carbons (Fsp3) is 0.111. The summed E-state index contributed by atoms with van der Waals surface area (Å²) in [5, 5.41) is 8.84. The molecule has 0 atom stereocenters. The minimum absolute atomic E-state index is 0.262. The Balaban J connectivity index is 1.96. The van der Waals surface area contributed by atoms with Gasteiger partial charge in [0.05, 0.1) is 18.7 Å². The minimum atomic E-state index is -0.262. The highest BCUT2D eigenvalue weighted by Crippen LogP contribution is 2.06. The van der Waals surface area contributed by atoms with Crippen LogP contribution in [0.1, 0.15) is 15.9 Å². The molecule has 0 aliphatic carbocycles. The number of rotatable bonds is 3. The van der Waals surface area contributed by atoms with Gasteiger partial charge in [-0.3, -0.25) is 9.89 Å². The summed E-state index contributed by atoms with van der Waals surface area (Å²) in [4.78, 5) is 11.5. The van der Waals surface area contributed by atoms with Crippen molar-refractivity contribution in [2.45, 2.75) is 6.54 Å². The molecule has 4 N–H and O–H groups in total. The average Bonchev–Trinajstić information content (AvgIpc) is 2.84. The zero-order valence-corrected chi connectivity index (χ0v) is 7.86. The molecule has 0 bridgehead atoms. The molecule has 0 fully saturated rings. The van der Waals surface area contributed by atoms with Gasteiger partial charge in [-0.25, -0.2) is 0 Å². The van der Waals surface area contributed by atoms with Gasteiger partial charge in [0.25, 0.3) is 5.91 Å². The number of furan rings is 1. The monoisotopic (exact) mass is 206 g/mol. The first-order valence-corrected chi connectivity index (χ1v) is 4.35. The van der Waals surface area contributed by atoms with Crippen LogP contribution < -0.4 is 11.1 Å². The van der Waals surface area contributed by atoms with E-state index in [-0.39, 0.29) is 11.7 Å². The van der Waals surface area contributed by atoms with Crippen molar-refractivity contribution in [1.29, 1.82) is 0 Å². The Kier molecular flexibility index (Phi) is 2.40. The van der Waals surface area contributed by atoms with E-state index in [1.807, 2.05) is 0 Å². The third-order valence-corrected chi connectivity index (χ3v) is 1.95. The van der Waals surface area contributed by atoms with Crippen LogP contribution in [0, 0.1) is 0 Å². The molecule has 0 saturated carbocycles. The van der Waals surface area contributed by atoms with Gasteiger partial charge in [-0.05, 0) is 6.07 Å². The number of carbonyl (C=O) groups is 1. The molecule has 15 heavy (non-hydrogen) atoms. The van der Waals surface area contributed by atoms with Gasteiger partial charge < -0.3 is 15.5 Å². The third kappa shape index (κ3) is 1.98. The van der Waals surface area contributed by atoms with Crippen molar-refractivity contribution in [2.24, 2.45) is 0 Å². The third-order valence-electron chi connectivity index (χ3n) is 1.95. The Morgan fingerprint density at radius 3 is 3.13 bits per heavy atom. The number of nitrogens with zero attached hydrogens (tertiary/aromatic N) is 1. The number of amides is 1. The summed E-state index contributed by atoms with van der Waals surface area (Å²) < 4.78 is 4.87. The van der Waals surface area contributed by atoms with Crippen LogP contribution >= 0.6 is 0 Å². The Hall–Kier alpha value is -2.24. The number of aromatic nitrogens is 2. The smallest absolute Gasteiger partial charge is 0.256 e. The fourth-order valence-corrected chi connectivity index (χ4v) is 1.15. The molecule has 0 saturated heterocycles. The van der Waals surface area contributed by atoms with Gasteiger partial charge in [-0.15, -0.1) is 0 Å². The van der Waals surface area contributed by atoms with E-state index in [4.69, 9.17) is 10.2 Å². The van der Waals surface area contributed by atoms with Crippen LogP contribution in [0.3, 0.4) is 0 Å². The summed E-state index contributed by atoms with van der Waals surface area (Å²) in [6.45, 7) is 0.403. The van der Waals surface area contributed by atoms with E-state index in [0.29, 0.717) is 12.1 Å². The number of carbonyl (C=O) groups excluding carboxylic acids is 1. The molecule has 2 heterocycles. The quantitative estimate of drug-likeness (QED) is 0.681. The van der Waals surface area contributed by atoms with Crippen molar-refractivity contribution in [2.75, 3.05) is 5.73 Å². The van der Waals surface area contributed by atoms with E-state index >= 15 is 0 Å². The molecule has 2 aromatic heterocycles. The maximum Gasteiger partial charge on any atom is 0.256 e. The Bertz CT molecular complexity index is 446. The highest BCUT2D eigenvalue weighted by Gasteiger charge is 2.10. The predicted molar refractivity (Wildman–Crippen MR) is 52.9 cm³/mol. The maximum atomic E-state index is 11.5. The molecule has 1 amide bonds. The molecular weight excluding hydrogens is 196 g/mol. The lowest BCUT2D eigenvalue weighted by molar-refractivity contribution is 0.0952. The molecule has 2 aromatic rings. The number of aromatic amines is 1.